The van der Waals surface area contributed by atoms with Crippen LogP contribution in [0.3, 0.4) is 0 Å². The van der Waals surface area contributed by atoms with Gasteiger partial charge in [-0.15, -0.1) is 0 Å². The van der Waals surface area contributed by atoms with Gasteiger partial charge in [0.2, 0.25) is 5.91 Å². The van der Waals surface area contributed by atoms with E-state index in [0.29, 0.717) is 12.2 Å². The van der Waals surface area contributed by atoms with Crippen LogP contribution >= 0.6 is 11.8 Å². The predicted molar refractivity (Wildman–Crippen MR) is 82.8 cm³/mol. The minimum atomic E-state index is -1.00. The Balaban J connectivity index is 2.59. The van der Waals surface area contributed by atoms with Gasteiger partial charge in [-0.25, -0.2) is 4.79 Å². The third-order valence-electron chi connectivity index (χ3n) is 2.69. The van der Waals surface area contributed by atoms with Gasteiger partial charge in [0.1, 0.15) is 6.04 Å². The van der Waals surface area contributed by atoms with E-state index in [9.17, 15) is 9.59 Å². The molecule has 0 aliphatic rings. The van der Waals surface area contributed by atoms with Gasteiger partial charge in [0.15, 0.2) is 0 Å². The molecule has 1 rings (SSSR count). The number of carbonyl (C=O) groups is 2. The second kappa shape index (κ2) is 8.43. The second-order valence-corrected chi connectivity index (χ2v) is 5.41. The highest BCUT2D eigenvalue weighted by Gasteiger charge is 2.17. The Morgan fingerprint density at radius 2 is 2.20 bits per heavy atom. The van der Waals surface area contributed by atoms with E-state index in [-0.39, 0.29) is 5.91 Å². The van der Waals surface area contributed by atoms with Crippen LogP contribution in [-0.4, -0.2) is 35.0 Å². The van der Waals surface area contributed by atoms with Gasteiger partial charge in [0.25, 0.3) is 0 Å². The maximum atomic E-state index is 11.7. The predicted octanol–water partition coefficient (Wildman–Crippen LogP) is 2.33. The van der Waals surface area contributed by atoms with Crippen LogP contribution in [0.15, 0.2) is 30.3 Å². The van der Waals surface area contributed by atoms with E-state index in [1.165, 1.54) is 6.08 Å². The lowest BCUT2D eigenvalue weighted by atomic mass is 10.1. The lowest BCUT2D eigenvalue weighted by Crippen LogP contribution is -2.40. The van der Waals surface area contributed by atoms with Crippen LogP contribution in [0, 0.1) is 6.92 Å². The van der Waals surface area contributed by atoms with Gasteiger partial charge in [-0.1, -0.05) is 29.8 Å². The van der Waals surface area contributed by atoms with Gasteiger partial charge < -0.3 is 10.4 Å². The fourth-order valence-corrected chi connectivity index (χ4v) is 2.13. The van der Waals surface area contributed by atoms with Crippen molar-refractivity contribution in [2.75, 3.05) is 12.0 Å². The number of aryl methyl sites for hydroxylation is 1. The number of nitrogens with one attached hydrogen (secondary N) is 1. The molecule has 0 aliphatic heterocycles. The first-order valence-corrected chi connectivity index (χ1v) is 7.69. The Kier molecular flexibility index (Phi) is 6.87. The summed E-state index contributed by atoms with van der Waals surface area (Å²) in [6, 6.07) is 6.88. The molecule has 4 nitrogen and oxygen atoms in total. The summed E-state index contributed by atoms with van der Waals surface area (Å²) in [7, 11) is 0. The molecule has 0 unspecified atom stereocenters. The molecule has 108 valence electrons. The van der Waals surface area contributed by atoms with Crippen LogP contribution in [-0.2, 0) is 9.59 Å². The molecule has 20 heavy (non-hydrogen) atoms. The molecule has 0 heterocycles. The Labute approximate surface area is 123 Å². The van der Waals surface area contributed by atoms with E-state index in [1.54, 1.807) is 17.8 Å². The highest BCUT2D eigenvalue weighted by Crippen LogP contribution is 2.06. The summed E-state index contributed by atoms with van der Waals surface area (Å²) in [6.07, 6.45) is 5.36. The molecular weight excluding hydrogens is 274 g/mol. The van der Waals surface area contributed by atoms with Crippen molar-refractivity contribution in [2.24, 2.45) is 0 Å². The Hall–Kier alpha value is -1.75. The molecule has 1 atom stereocenters. The third kappa shape index (κ3) is 5.93. The van der Waals surface area contributed by atoms with Crippen LogP contribution in [0.1, 0.15) is 17.5 Å². The second-order valence-electron chi connectivity index (χ2n) is 4.43. The number of carboxylic acids is 1. The van der Waals surface area contributed by atoms with Crippen LogP contribution in [0.2, 0.25) is 0 Å². The molecule has 1 amide bonds. The number of benzene rings is 1. The Bertz CT molecular complexity index is 500. The van der Waals surface area contributed by atoms with Gasteiger partial charge in [-0.3, -0.25) is 4.79 Å². The molecule has 0 aliphatic carbocycles. The van der Waals surface area contributed by atoms with Crippen LogP contribution in [0.5, 0.6) is 0 Å². The highest BCUT2D eigenvalue weighted by atomic mass is 32.2. The van der Waals surface area contributed by atoms with Crippen molar-refractivity contribution in [2.45, 2.75) is 19.4 Å². The third-order valence-corrected chi connectivity index (χ3v) is 3.34. The van der Waals surface area contributed by atoms with E-state index in [1.807, 2.05) is 37.4 Å². The molecule has 1 aromatic rings. The fraction of sp³-hybridized carbons (Fsp3) is 0.333. The monoisotopic (exact) mass is 293 g/mol. The molecule has 0 aromatic heterocycles. The molecule has 0 saturated heterocycles. The molecule has 0 spiro atoms. The van der Waals surface area contributed by atoms with Crippen molar-refractivity contribution in [3.05, 3.63) is 41.5 Å². The zero-order chi connectivity index (χ0) is 15.0. The van der Waals surface area contributed by atoms with E-state index in [4.69, 9.17) is 5.11 Å². The van der Waals surface area contributed by atoms with E-state index in [0.717, 1.165) is 11.1 Å². The number of rotatable bonds is 7. The average Bonchev–Trinajstić information content (AvgIpc) is 2.41. The summed E-state index contributed by atoms with van der Waals surface area (Å²) in [4.78, 5) is 22.7. The van der Waals surface area contributed by atoms with Gasteiger partial charge in [0.05, 0.1) is 0 Å². The van der Waals surface area contributed by atoms with Crippen molar-refractivity contribution in [1.82, 2.24) is 5.32 Å². The largest absolute Gasteiger partial charge is 0.480 e. The van der Waals surface area contributed by atoms with E-state index >= 15 is 0 Å². The standard InChI is InChI=1S/C15H19NO3S/c1-11-4-3-5-12(10-11)6-7-14(17)16-13(15(18)19)8-9-20-2/h3-7,10,13H,8-9H2,1-2H3,(H,16,17)(H,18,19)/b7-6+/t13-/m0/s1. The number of carboxylic acid groups (broad SMARTS) is 1. The lowest BCUT2D eigenvalue weighted by molar-refractivity contribution is -0.141. The van der Waals surface area contributed by atoms with Crippen LogP contribution in [0.25, 0.3) is 6.08 Å². The van der Waals surface area contributed by atoms with Crippen LogP contribution in [0.4, 0.5) is 0 Å². The van der Waals surface area contributed by atoms with Crippen molar-refractivity contribution in [3.63, 3.8) is 0 Å². The summed E-state index contributed by atoms with van der Waals surface area (Å²) in [6.45, 7) is 1.97. The summed E-state index contributed by atoms with van der Waals surface area (Å²) in [5, 5.41) is 11.5. The molecule has 0 radical (unpaired) electrons. The molecule has 5 heteroatoms. The average molecular weight is 293 g/mol. The molecule has 0 saturated carbocycles. The molecule has 0 bridgehead atoms. The molecule has 1 aromatic carbocycles. The zero-order valence-corrected chi connectivity index (χ0v) is 12.4. The van der Waals surface area contributed by atoms with Gasteiger partial charge >= 0.3 is 5.97 Å². The number of hydrogen-bond acceptors (Lipinski definition) is 3. The van der Waals surface area contributed by atoms with Crippen molar-refractivity contribution >= 4 is 29.7 Å². The number of amides is 1. The summed E-state index contributed by atoms with van der Waals surface area (Å²) in [5.74, 6) is -0.699. The van der Waals surface area contributed by atoms with Gasteiger partial charge in [-0.05, 0) is 37.0 Å². The Morgan fingerprint density at radius 3 is 2.80 bits per heavy atom. The smallest absolute Gasteiger partial charge is 0.326 e. The first-order chi connectivity index (χ1) is 9.52. The topological polar surface area (TPSA) is 66.4 Å². The highest BCUT2D eigenvalue weighted by molar-refractivity contribution is 7.98. The van der Waals surface area contributed by atoms with E-state index in [2.05, 4.69) is 5.32 Å². The van der Waals surface area contributed by atoms with Crippen molar-refractivity contribution in [1.29, 1.82) is 0 Å². The number of carbonyl (C=O) groups excluding carboxylic acids is 1. The maximum Gasteiger partial charge on any atom is 0.326 e. The van der Waals surface area contributed by atoms with Gasteiger partial charge in [-0.2, -0.15) is 11.8 Å². The fourth-order valence-electron chi connectivity index (χ4n) is 1.66. The Morgan fingerprint density at radius 1 is 1.45 bits per heavy atom. The first kappa shape index (κ1) is 16.3. The maximum absolute atomic E-state index is 11.7. The zero-order valence-electron chi connectivity index (χ0n) is 11.6. The minimum Gasteiger partial charge on any atom is -0.480 e. The summed E-state index contributed by atoms with van der Waals surface area (Å²) >= 11 is 1.55. The number of hydrogen-bond donors (Lipinski definition) is 2. The normalized spacial score (nSPS) is 12.3. The molecule has 2 N–H and O–H groups in total. The molecule has 0 fully saturated rings. The van der Waals surface area contributed by atoms with Crippen molar-refractivity contribution in [3.8, 4) is 0 Å². The quantitative estimate of drug-likeness (QED) is 0.757. The number of aliphatic carboxylic acids is 1. The summed E-state index contributed by atoms with van der Waals surface area (Å²) in [5.41, 5.74) is 2.02. The SMILES string of the molecule is CSCC[C@H](NC(=O)/C=C/c1cccc(C)c1)C(=O)O. The first-order valence-electron chi connectivity index (χ1n) is 6.30. The lowest BCUT2D eigenvalue weighted by Gasteiger charge is -2.12. The number of thioether (sulfide) groups is 1. The van der Waals surface area contributed by atoms with Gasteiger partial charge in [0, 0.05) is 6.08 Å². The summed E-state index contributed by atoms with van der Waals surface area (Å²) < 4.78 is 0. The molecular formula is C15H19NO3S. The van der Waals surface area contributed by atoms with Crippen LogP contribution < -0.4 is 5.32 Å². The van der Waals surface area contributed by atoms with E-state index < -0.39 is 12.0 Å². The minimum absolute atomic E-state index is 0.389. The van der Waals surface area contributed by atoms with Crippen molar-refractivity contribution < 1.29 is 14.7 Å².